The van der Waals surface area contributed by atoms with Crippen LogP contribution in [0.25, 0.3) is 11.8 Å². The first kappa shape index (κ1) is 13.4. The van der Waals surface area contributed by atoms with Gasteiger partial charge in [-0.25, -0.2) is 18.3 Å². The van der Waals surface area contributed by atoms with Crippen molar-refractivity contribution in [1.29, 1.82) is 0 Å². The lowest BCUT2D eigenvalue weighted by molar-refractivity contribution is -0.131. The number of carboxylic acid groups (broad SMARTS) is 1. The summed E-state index contributed by atoms with van der Waals surface area (Å²) < 4.78 is 29.3. The number of hydrogen-bond donors (Lipinski definition) is 1. The Bertz CT molecular complexity index is 644. The molecule has 1 aromatic carbocycles. The molecule has 1 aromatic heterocycles. The van der Waals surface area contributed by atoms with Gasteiger partial charge in [0.15, 0.2) is 11.6 Å². The topological polar surface area (TPSA) is 55.1 Å². The molecule has 7 heteroatoms. The van der Waals surface area contributed by atoms with E-state index in [1.54, 1.807) is 0 Å². The molecule has 0 radical (unpaired) electrons. The van der Waals surface area contributed by atoms with Crippen molar-refractivity contribution in [1.82, 2.24) is 9.78 Å². The lowest BCUT2D eigenvalue weighted by atomic mass is 10.1. The number of benzene rings is 1. The maximum absolute atomic E-state index is 13.8. The largest absolute Gasteiger partial charge is 0.478 e. The van der Waals surface area contributed by atoms with E-state index < -0.39 is 17.6 Å². The van der Waals surface area contributed by atoms with Crippen molar-refractivity contribution >= 4 is 28.0 Å². The summed E-state index contributed by atoms with van der Waals surface area (Å²) in [4.78, 5) is 10.3. The van der Waals surface area contributed by atoms with Gasteiger partial charge in [-0.15, -0.1) is 0 Å². The molecule has 0 bridgehead atoms. The first-order valence-electron chi connectivity index (χ1n) is 5.08. The summed E-state index contributed by atoms with van der Waals surface area (Å²) in [6, 6.07) is 2.07. The Morgan fingerprint density at radius 2 is 2.00 bits per heavy atom. The molecule has 0 aliphatic rings. The van der Waals surface area contributed by atoms with Gasteiger partial charge in [-0.1, -0.05) is 0 Å². The minimum Gasteiger partial charge on any atom is -0.478 e. The summed E-state index contributed by atoms with van der Waals surface area (Å²) in [5, 5.41) is 12.2. The average Bonchev–Trinajstić information content (AvgIpc) is 2.72. The first-order valence-corrected chi connectivity index (χ1v) is 5.87. The molecule has 0 amide bonds. The lowest BCUT2D eigenvalue weighted by Gasteiger charge is -2.06. The van der Waals surface area contributed by atoms with Crippen LogP contribution in [-0.2, 0) is 4.79 Å². The average molecular weight is 329 g/mol. The van der Waals surface area contributed by atoms with Gasteiger partial charge in [-0.3, -0.25) is 0 Å². The molecule has 0 saturated heterocycles. The third-order valence-corrected chi connectivity index (χ3v) is 2.65. The molecule has 0 fully saturated rings. The molecule has 2 aromatic rings. The number of aliphatic carboxylic acids is 1. The Balaban J connectivity index is 2.46. The van der Waals surface area contributed by atoms with Crippen LogP contribution < -0.4 is 0 Å². The van der Waals surface area contributed by atoms with Crippen LogP contribution in [0.15, 0.2) is 35.1 Å². The summed E-state index contributed by atoms with van der Waals surface area (Å²) in [6.07, 6.45) is 4.72. The van der Waals surface area contributed by atoms with E-state index >= 15 is 0 Å². The minimum absolute atomic E-state index is 0.118. The predicted molar refractivity (Wildman–Crippen MR) is 67.8 cm³/mol. The van der Waals surface area contributed by atoms with Gasteiger partial charge in [0.1, 0.15) is 5.69 Å². The molecule has 0 spiro atoms. The fourth-order valence-corrected chi connectivity index (χ4v) is 1.78. The van der Waals surface area contributed by atoms with Crippen LogP contribution in [0.1, 0.15) is 5.56 Å². The number of halogens is 3. The van der Waals surface area contributed by atoms with Crippen molar-refractivity contribution in [3.63, 3.8) is 0 Å². The molecule has 0 saturated carbocycles. The third-order valence-electron chi connectivity index (χ3n) is 2.24. The van der Waals surface area contributed by atoms with Gasteiger partial charge in [0.25, 0.3) is 0 Å². The molecule has 1 N–H and O–H groups in total. The quantitative estimate of drug-likeness (QED) is 0.881. The van der Waals surface area contributed by atoms with E-state index in [0.717, 1.165) is 29.0 Å². The highest BCUT2D eigenvalue weighted by molar-refractivity contribution is 9.10. The molecular weight excluding hydrogens is 322 g/mol. The smallest absolute Gasteiger partial charge is 0.328 e. The number of nitrogens with zero attached hydrogens (tertiary/aromatic N) is 2. The van der Waals surface area contributed by atoms with E-state index in [4.69, 9.17) is 5.11 Å². The van der Waals surface area contributed by atoms with Crippen LogP contribution >= 0.6 is 15.9 Å². The maximum atomic E-state index is 13.8. The zero-order valence-corrected chi connectivity index (χ0v) is 10.9. The van der Waals surface area contributed by atoms with Gasteiger partial charge < -0.3 is 5.11 Å². The van der Waals surface area contributed by atoms with Crippen LogP contribution in [0.3, 0.4) is 0 Å². The number of hydrogen-bond acceptors (Lipinski definition) is 2. The zero-order valence-electron chi connectivity index (χ0n) is 9.35. The van der Waals surface area contributed by atoms with Crippen molar-refractivity contribution in [3.8, 4) is 5.69 Å². The zero-order chi connectivity index (χ0) is 14.0. The fraction of sp³-hybridized carbons (Fsp3) is 0. The second kappa shape index (κ2) is 5.31. The van der Waals surface area contributed by atoms with Crippen LogP contribution in [0, 0.1) is 11.6 Å². The molecule has 1 heterocycles. The summed E-state index contributed by atoms with van der Waals surface area (Å²) >= 11 is 3.13. The van der Waals surface area contributed by atoms with Gasteiger partial charge in [-0.2, -0.15) is 5.10 Å². The van der Waals surface area contributed by atoms with Crippen molar-refractivity contribution in [2.45, 2.75) is 0 Å². The Morgan fingerprint density at radius 1 is 1.37 bits per heavy atom. The third kappa shape index (κ3) is 3.05. The molecule has 4 nitrogen and oxygen atoms in total. The molecule has 0 unspecified atom stereocenters. The standard InChI is InChI=1S/C12H7BrF2N2O2/c13-8-5-16-17(6-8)12-9(14)3-7(4-10(12)15)1-2-11(18)19/h1-6H,(H,18,19)/b2-1+. The van der Waals surface area contributed by atoms with Crippen molar-refractivity contribution < 1.29 is 18.7 Å². The SMILES string of the molecule is O=C(O)/C=C/c1cc(F)c(-n2cc(Br)cn2)c(F)c1. The monoisotopic (exact) mass is 328 g/mol. The predicted octanol–water partition coefficient (Wildman–Crippen LogP) is 3.01. The molecule has 0 atom stereocenters. The van der Waals surface area contributed by atoms with Gasteiger partial charge in [-0.05, 0) is 39.7 Å². The maximum Gasteiger partial charge on any atom is 0.328 e. The number of aromatic nitrogens is 2. The fourth-order valence-electron chi connectivity index (χ4n) is 1.49. The van der Waals surface area contributed by atoms with E-state index in [1.807, 2.05) is 0 Å². The van der Waals surface area contributed by atoms with E-state index in [9.17, 15) is 13.6 Å². The van der Waals surface area contributed by atoms with Crippen LogP contribution in [-0.4, -0.2) is 20.9 Å². The summed E-state index contributed by atoms with van der Waals surface area (Å²) in [5.41, 5.74) is -0.203. The van der Waals surface area contributed by atoms with E-state index in [0.29, 0.717) is 4.47 Å². The molecule has 0 aliphatic heterocycles. The number of carboxylic acids is 1. The van der Waals surface area contributed by atoms with Crippen LogP contribution in [0.2, 0.25) is 0 Å². The summed E-state index contributed by atoms with van der Waals surface area (Å²) in [5.74, 6) is -2.86. The van der Waals surface area contributed by atoms with Gasteiger partial charge in [0.2, 0.25) is 0 Å². The summed E-state index contributed by atoms with van der Waals surface area (Å²) in [6.45, 7) is 0. The van der Waals surface area contributed by atoms with Crippen LogP contribution in [0.5, 0.6) is 0 Å². The van der Waals surface area contributed by atoms with Gasteiger partial charge in [0, 0.05) is 12.3 Å². The summed E-state index contributed by atoms with van der Waals surface area (Å²) in [7, 11) is 0. The lowest BCUT2D eigenvalue weighted by Crippen LogP contribution is -2.02. The van der Waals surface area contributed by atoms with Gasteiger partial charge in [0.05, 0.1) is 10.7 Å². The Kier molecular flexibility index (Phi) is 3.75. The minimum atomic E-state index is -1.19. The van der Waals surface area contributed by atoms with Gasteiger partial charge >= 0.3 is 5.97 Å². The molecule has 2 rings (SSSR count). The normalized spacial score (nSPS) is 11.1. The molecule has 98 valence electrons. The highest BCUT2D eigenvalue weighted by Crippen LogP contribution is 2.21. The second-order valence-electron chi connectivity index (χ2n) is 3.61. The molecule has 0 aliphatic carbocycles. The van der Waals surface area contributed by atoms with Crippen molar-refractivity contribution in [2.75, 3.05) is 0 Å². The highest BCUT2D eigenvalue weighted by Gasteiger charge is 2.13. The second-order valence-corrected chi connectivity index (χ2v) is 4.52. The Morgan fingerprint density at radius 3 is 2.47 bits per heavy atom. The van der Waals surface area contributed by atoms with Crippen molar-refractivity contribution in [2.24, 2.45) is 0 Å². The van der Waals surface area contributed by atoms with Crippen LogP contribution in [0.4, 0.5) is 8.78 Å². The highest BCUT2D eigenvalue weighted by atomic mass is 79.9. The van der Waals surface area contributed by atoms with Crippen molar-refractivity contribution in [3.05, 3.63) is 52.3 Å². The van der Waals surface area contributed by atoms with E-state index in [2.05, 4.69) is 21.0 Å². The number of rotatable bonds is 3. The molecular formula is C12H7BrF2N2O2. The Hall–Kier alpha value is -2.02. The first-order chi connectivity index (χ1) is 8.97. The molecule has 19 heavy (non-hydrogen) atoms. The van der Waals surface area contributed by atoms with E-state index in [-0.39, 0.29) is 11.3 Å². The number of carbonyl (C=O) groups is 1. The Labute approximate surface area is 115 Å². The van der Waals surface area contributed by atoms with E-state index in [1.165, 1.54) is 12.4 Å².